The minimum absolute atomic E-state index is 0.0669. The van der Waals surface area contributed by atoms with Crippen LogP contribution in [0.1, 0.15) is 103 Å². The number of aliphatic carboxylic acids is 1. The van der Waals surface area contributed by atoms with Crippen LogP contribution in [0.15, 0.2) is 4.99 Å². The minimum atomic E-state index is -0.969. The number of carboxylic acids is 1. The van der Waals surface area contributed by atoms with Crippen LogP contribution in [0.2, 0.25) is 0 Å². The number of hydrogen-bond donors (Lipinski definition) is 0. The van der Waals surface area contributed by atoms with Crippen LogP contribution in [0.25, 0.3) is 0 Å². The number of rotatable bonds is 17. The number of quaternary nitrogens is 1. The Morgan fingerprint density at radius 1 is 0.885 bits per heavy atom. The molecule has 0 spiro atoms. The van der Waals surface area contributed by atoms with Gasteiger partial charge < -0.3 is 9.90 Å². The Bertz CT molecular complexity index is 409. The van der Waals surface area contributed by atoms with Crippen molar-refractivity contribution in [2.75, 3.05) is 26.7 Å². The van der Waals surface area contributed by atoms with Gasteiger partial charge in [-0.2, -0.15) is 0 Å². The SMILES string of the molecule is CCCCCCCCCCCCCCCCC1=NCC[N+]1(C)CC(=O)[O-]. The average Bonchev–Trinajstić information content (AvgIpc) is 2.94. The van der Waals surface area contributed by atoms with E-state index in [4.69, 9.17) is 0 Å². The van der Waals surface area contributed by atoms with Crippen molar-refractivity contribution in [3.63, 3.8) is 0 Å². The smallest absolute Gasteiger partial charge is 0.198 e. The fourth-order valence-electron chi connectivity index (χ4n) is 3.98. The maximum Gasteiger partial charge on any atom is 0.198 e. The largest absolute Gasteiger partial charge is 0.544 e. The lowest BCUT2D eigenvalue weighted by molar-refractivity contribution is -0.809. The van der Waals surface area contributed by atoms with Gasteiger partial charge in [0.25, 0.3) is 0 Å². The molecule has 1 unspecified atom stereocenters. The van der Waals surface area contributed by atoms with Gasteiger partial charge in [0, 0.05) is 6.42 Å². The van der Waals surface area contributed by atoms with Crippen molar-refractivity contribution in [2.45, 2.75) is 103 Å². The molecule has 0 aromatic carbocycles. The summed E-state index contributed by atoms with van der Waals surface area (Å²) >= 11 is 0. The fourth-order valence-corrected chi connectivity index (χ4v) is 3.98. The van der Waals surface area contributed by atoms with Crippen LogP contribution in [0.3, 0.4) is 0 Å². The first-order chi connectivity index (χ1) is 12.6. The standard InChI is InChI=1S/C22H42N2O2/c1-3-4-5-6-7-8-9-10-11-12-13-14-15-16-17-21-23-18-19-24(21,2)20-22(25)26/h3-20H2,1-2H3. The number of carbonyl (C=O) groups excluding carboxylic acids is 1. The Morgan fingerprint density at radius 2 is 1.35 bits per heavy atom. The van der Waals surface area contributed by atoms with E-state index in [2.05, 4.69) is 11.9 Å². The van der Waals surface area contributed by atoms with Gasteiger partial charge in [0.05, 0.1) is 19.6 Å². The Hall–Kier alpha value is -0.900. The summed E-state index contributed by atoms with van der Waals surface area (Å²) in [5.41, 5.74) is 0. The van der Waals surface area contributed by atoms with Crippen LogP contribution in [-0.2, 0) is 4.79 Å². The van der Waals surface area contributed by atoms with Gasteiger partial charge in [-0.3, -0.25) is 4.48 Å². The summed E-state index contributed by atoms with van der Waals surface area (Å²) < 4.78 is 0.459. The summed E-state index contributed by atoms with van der Waals surface area (Å²) in [6.07, 6.45) is 20.0. The molecule has 1 aliphatic heterocycles. The second-order valence-corrected chi connectivity index (χ2v) is 8.29. The molecule has 4 heteroatoms. The molecule has 4 nitrogen and oxygen atoms in total. The van der Waals surface area contributed by atoms with Crippen LogP contribution < -0.4 is 5.11 Å². The number of carboxylic acid groups (broad SMARTS) is 1. The van der Waals surface area contributed by atoms with E-state index in [1.807, 2.05) is 7.05 Å². The van der Waals surface area contributed by atoms with Crippen LogP contribution in [0.5, 0.6) is 0 Å². The van der Waals surface area contributed by atoms with E-state index in [0.29, 0.717) is 4.48 Å². The highest BCUT2D eigenvalue weighted by atomic mass is 16.4. The maximum absolute atomic E-state index is 10.9. The van der Waals surface area contributed by atoms with Crippen LogP contribution in [-0.4, -0.2) is 43.0 Å². The van der Waals surface area contributed by atoms with Crippen molar-refractivity contribution in [1.82, 2.24) is 0 Å². The molecule has 0 N–H and O–H groups in total. The predicted octanol–water partition coefficient (Wildman–Crippen LogP) is 4.47. The molecular formula is C22H42N2O2. The number of hydrogen-bond acceptors (Lipinski definition) is 3. The zero-order chi connectivity index (χ0) is 19.1. The monoisotopic (exact) mass is 366 g/mol. The highest BCUT2D eigenvalue weighted by Gasteiger charge is 2.33. The molecule has 0 amide bonds. The van der Waals surface area contributed by atoms with E-state index in [1.54, 1.807) is 0 Å². The van der Waals surface area contributed by atoms with Crippen LogP contribution >= 0.6 is 0 Å². The van der Waals surface area contributed by atoms with Gasteiger partial charge in [0.15, 0.2) is 5.84 Å². The van der Waals surface area contributed by atoms with Crippen molar-refractivity contribution in [2.24, 2.45) is 4.99 Å². The first-order valence-electron chi connectivity index (χ1n) is 11.2. The number of unbranched alkanes of at least 4 members (excludes halogenated alkanes) is 13. The van der Waals surface area contributed by atoms with Crippen molar-refractivity contribution in [1.29, 1.82) is 0 Å². The zero-order valence-corrected chi connectivity index (χ0v) is 17.4. The van der Waals surface area contributed by atoms with Crippen molar-refractivity contribution < 1.29 is 14.4 Å². The van der Waals surface area contributed by atoms with Gasteiger partial charge in [-0.15, -0.1) is 0 Å². The maximum atomic E-state index is 10.9. The fraction of sp³-hybridized carbons (Fsp3) is 0.909. The van der Waals surface area contributed by atoms with E-state index in [-0.39, 0.29) is 6.54 Å². The van der Waals surface area contributed by atoms with Crippen molar-refractivity contribution >= 4 is 11.8 Å². The molecule has 1 aliphatic rings. The van der Waals surface area contributed by atoms with Gasteiger partial charge in [-0.05, 0) is 6.42 Å². The molecular weight excluding hydrogens is 324 g/mol. The van der Waals surface area contributed by atoms with E-state index in [0.717, 1.165) is 31.8 Å². The summed E-state index contributed by atoms with van der Waals surface area (Å²) in [4.78, 5) is 15.5. The van der Waals surface area contributed by atoms with Crippen LogP contribution in [0.4, 0.5) is 0 Å². The third-order valence-corrected chi connectivity index (χ3v) is 5.74. The van der Waals surface area contributed by atoms with Gasteiger partial charge in [0.2, 0.25) is 0 Å². The molecule has 1 rings (SSSR count). The van der Waals surface area contributed by atoms with Gasteiger partial charge >= 0.3 is 0 Å². The van der Waals surface area contributed by atoms with E-state index in [1.165, 1.54) is 83.5 Å². The molecule has 26 heavy (non-hydrogen) atoms. The normalized spacial score (nSPS) is 19.7. The molecule has 0 aliphatic carbocycles. The summed E-state index contributed by atoms with van der Waals surface area (Å²) in [5.74, 6) is 0.0937. The molecule has 0 fully saturated rings. The minimum Gasteiger partial charge on any atom is -0.544 e. The van der Waals surface area contributed by atoms with Crippen molar-refractivity contribution in [3.05, 3.63) is 0 Å². The Labute approximate surface area is 161 Å². The van der Waals surface area contributed by atoms with E-state index >= 15 is 0 Å². The quantitative estimate of drug-likeness (QED) is 0.282. The average molecular weight is 367 g/mol. The summed E-state index contributed by atoms with van der Waals surface area (Å²) in [5, 5.41) is 10.9. The number of amidine groups is 1. The Morgan fingerprint density at radius 3 is 1.81 bits per heavy atom. The number of nitrogens with zero attached hydrogens (tertiary/aromatic N) is 2. The number of carbonyl (C=O) groups is 1. The molecule has 152 valence electrons. The second kappa shape index (κ2) is 14.2. The predicted molar refractivity (Wildman–Crippen MR) is 108 cm³/mol. The second-order valence-electron chi connectivity index (χ2n) is 8.29. The van der Waals surface area contributed by atoms with Crippen molar-refractivity contribution in [3.8, 4) is 0 Å². The molecule has 0 saturated carbocycles. The third-order valence-electron chi connectivity index (χ3n) is 5.74. The zero-order valence-electron chi connectivity index (χ0n) is 17.4. The Balaban J connectivity index is 1.90. The van der Waals surface area contributed by atoms with Crippen LogP contribution in [0, 0.1) is 0 Å². The summed E-state index contributed by atoms with van der Waals surface area (Å²) in [6.45, 7) is 3.91. The molecule has 1 heterocycles. The first kappa shape index (κ1) is 23.1. The van der Waals surface area contributed by atoms with E-state index in [9.17, 15) is 9.90 Å². The van der Waals surface area contributed by atoms with Gasteiger partial charge in [-0.25, -0.2) is 4.99 Å². The lowest BCUT2D eigenvalue weighted by atomic mass is 10.0. The highest BCUT2D eigenvalue weighted by Crippen LogP contribution is 2.18. The molecule has 0 radical (unpaired) electrons. The number of likely N-dealkylation sites (N-methyl/N-ethyl adjacent to an activating group) is 1. The molecule has 0 aromatic heterocycles. The number of aliphatic imine (C=N–C) groups is 1. The topological polar surface area (TPSA) is 52.5 Å². The Kier molecular flexibility index (Phi) is 12.6. The lowest BCUT2D eigenvalue weighted by Gasteiger charge is -2.30. The van der Waals surface area contributed by atoms with E-state index < -0.39 is 5.97 Å². The van der Waals surface area contributed by atoms with Gasteiger partial charge in [0.1, 0.15) is 13.1 Å². The highest BCUT2D eigenvalue weighted by molar-refractivity contribution is 5.79. The molecule has 0 bridgehead atoms. The molecule has 0 aromatic rings. The third kappa shape index (κ3) is 10.3. The molecule has 0 saturated heterocycles. The first-order valence-corrected chi connectivity index (χ1v) is 11.2. The molecule has 1 atom stereocenters. The van der Waals surface area contributed by atoms with Gasteiger partial charge in [-0.1, -0.05) is 90.4 Å². The summed E-state index contributed by atoms with van der Waals surface area (Å²) in [7, 11) is 1.98. The lowest BCUT2D eigenvalue weighted by Crippen LogP contribution is -2.53. The summed E-state index contributed by atoms with van der Waals surface area (Å²) in [6, 6.07) is 0.